The Morgan fingerprint density at radius 3 is 2.38 bits per heavy atom. The van der Waals surface area contributed by atoms with Gasteiger partial charge in [0, 0.05) is 11.0 Å². The van der Waals surface area contributed by atoms with Gasteiger partial charge in [-0.25, -0.2) is 17.5 Å². The summed E-state index contributed by atoms with van der Waals surface area (Å²) >= 11 is 3.21. The lowest BCUT2D eigenvalue weighted by Gasteiger charge is -2.08. The summed E-state index contributed by atoms with van der Waals surface area (Å²) in [5, 5.41) is 2.70. The van der Waals surface area contributed by atoms with Gasteiger partial charge in [-0.15, -0.1) is 0 Å². The third-order valence-electron chi connectivity index (χ3n) is 3.32. The second-order valence-corrected chi connectivity index (χ2v) is 7.87. The maximum atomic E-state index is 13.2. The van der Waals surface area contributed by atoms with Crippen LogP contribution in [-0.4, -0.2) is 21.4 Å². The molecule has 5 nitrogen and oxygen atoms in total. The molecule has 0 saturated heterocycles. The summed E-state index contributed by atoms with van der Waals surface area (Å²) < 4.78 is 38.9. The first-order chi connectivity index (χ1) is 11.3. The van der Waals surface area contributed by atoms with Crippen molar-refractivity contribution < 1.29 is 17.6 Å². The van der Waals surface area contributed by atoms with Crippen LogP contribution < -0.4 is 10.0 Å². The van der Waals surface area contributed by atoms with E-state index in [1.54, 1.807) is 24.3 Å². The topological polar surface area (TPSA) is 75.3 Å². The Bertz CT molecular complexity index is 839. The van der Waals surface area contributed by atoms with Crippen LogP contribution in [0.5, 0.6) is 0 Å². The van der Waals surface area contributed by atoms with Crippen LogP contribution in [0.2, 0.25) is 0 Å². The maximum absolute atomic E-state index is 13.2. The Morgan fingerprint density at radius 1 is 1.12 bits per heavy atom. The molecule has 0 radical (unpaired) electrons. The first-order valence-corrected chi connectivity index (χ1v) is 9.47. The monoisotopic (exact) mass is 414 g/mol. The average Bonchev–Trinajstić information content (AvgIpc) is 2.56. The molecule has 0 atom stereocenters. The van der Waals surface area contributed by atoms with Crippen molar-refractivity contribution >= 4 is 31.9 Å². The fourth-order valence-electron chi connectivity index (χ4n) is 1.99. The van der Waals surface area contributed by atoms with Crippen molar-refractivity contribution in [3.8, 4) is 0 Å². The molecule has 0 saturated carbocycles. The predicted octanol–water partition coefficient (Wildman–Crippen LogP) is 2.57. The lowest BCUT2D eigenvalue weighted by molar-refractivity contribution is 0.0949. The highest BCUT2D eigenvalue weighted by Gasteiger charge is 2.11. The van der Waals surface area contributed by atoms with Gasteiger partial charge in [-0.3, -0.25) is 4.79 Å². The quantitative estimate of drug-likeness (QED) is 0.762. The zero-order valence-electron chi connectivity index (χ0n) is 12.8. The molecule has 24 heavy (non-hydrogen) atoms. The van der Waals surface area contributed by atoms with Crippen molar-refractivity contribution in [2.24, 2.45) is 0 Å². The largest absolute Gasteiger partial charge is 0.348 e. The van der Waals surface area contributed by atoms with E-state index in [4.69, 9.17) is 0 Å². The Morgan fingerprint density at radius 2 is 1.75 bits per heavy atom. The fourth-order valence-corrected chi connectivity index (χ4v) is 3.20. The van der Waals surface area contributed by atoms with Gasteiger partial charge in [0.25, 0.3) is 5.91 Å². The minimum absolute atomic E-state index is 0.105. The molecule has 0 aromatic heterocycles. The number of carbonyl (C=O) groups excluding carboxylic acids is 1. The van der Waals surface area contributed by atoms with Crippen LogP contribution in [0.4, 0.5) is 4.39 Å². The van der Waals surface area contributed by atoms with E-state index in [0.717, 1.165) is 11.6 Å². The number of amides is 1. The predicted molar refractivity (Wildman–Crippen MR) is 93.4 cm³/mol. The lowest BCUT2D eigenvalue weighted by atomic mass is 10.1. The second-order valence-electron chi connectivity index (χ2n) is 5.09. The van der Waals surface area contributed by atoms with Crippen LogP contribution in [0.1, 0.15) is 21.5 Å². The summed E-state index contributed by atoms with van der Waals surface area (Å²) in [7, 11) is -1.95. The Labute approximate surface area is 148 Å². The molecular weight excluding hydrogens is 399 g/mol. The molecular formula is C16H16BrFN2O3S. The molecule has 2 N–H and O–H groups in total. The van der Waals surface area contributed by atoms with E-state index < -0.39 is 21.7 Å². The van der Waals surface area contributed by atoms with E-state index in [-0.39, 0.29) is 17.9 Å². The van der Waals surface area contributed by atoms with Gasteiger partial charge in [0.05, 0.1) is 11.3 Å². The minimum Gasteiger partial charge on any atom is -0.348 e. The number of carbonyl (C=O) groups is 1. The van der Waals surface area contributed by atoms with Crippen LogP contribution in [0.15, 0.2) is 46.9 Å². The van der Waals surface area contributed by atoms with E-state index in [2.05, 4.69) is 26.0 Å². The van der Waals surface area contributed by atoms with E-state index in [1.165, 1.54) is 19.2 Å². The normalized spacial score (nSPS) is 11.3. The van der Waals surface area contributed by atoms with Gasteiger partial charge < -0.3 is 5.32 Å². The summed E-state index contributed by atoms with van der Waals surface area (Å²) in [5.74, 6) is -0.992. The Hall–Kier alpha value is -1.77. The highest BCUT2D eigenvalue weighted by atomic mass is 79.9. The number of rotatable bonds is 6. The van der Waals surface area contributed by atoms with Gasteiger partial charge >= 0.3 is 0 Å². The second kappa shape index (κ2) is 7.87. The van der Waals surface area contributed by atoms with Crippen molar-refractivity contribution in [3.63, 3.8) is 0 Å². The summed E-state index contributed by atoms with van der Waals surface area (Å²) in [4.78, 5) is 12.1. The van der Waals surface area contributed by atoms with Crippen LogP contribution in [-0.2, 0) is 22.3 Å². The minimum atomic E-state index is -3.32. The highest BCUT2D eigenvalue weighted by molar-refractivity contribution is 9.10. The Kier molecular flexibility index (Phi) is 6.09. The molecule has 8 heteroatoms. The summed E-state index contributed by atoms with van der Waals surface area (Å²) in [6.07, 6.45) is 0. The number of halogens is 2. The smallest absolute Gasteiger partial charge is 0.252 e. The molecule has 0 spiro atoms. The maximum Gasteiger partial charge on any atom is 0.252 e. The summed E-state index contributed by atoms with van der Waals surface area (Å²) in [6.45, 7) is 0.251. The van der Waals surface area contributed by atoms with E-state index in [9.17, 15) is 17.6 Å². The number of benzene rings is 2. The van der Waals surface area contributed by atoms with Crippen LogP contribution in [0.3, 0.4) is 0 Å². The van der Waals surface area contributed by atoms with Crippen molar-refractivity contribution in [3.05, 3.63) is 69.4 Å². The van der Waals surface area contributed by atoms with Gasteiger partial charge in [-0.1, -0.05) is 24.3 Å². The third kappa shape index (κ3) is 5.12. The standard InChI is InChI=1S/C16H16BrFN2O3S/c1-19-24(22,23)10-12-4-2-11(3-5-12)9-20-16(21)14-8-13(18)6-7-15(14)17/h2-8,19H,9-10H2,1H3,(H,20,21). The van der Waals surface area contributed by atoms with Crippen molar-refractivity contribution in [2.75, 3.05) is 7.05 Å². The zero-order chi connectivity index (χ0) is 17.7. The molecule has 2 aromatic carbocycles. The Balaban J connectivity index is 1.99. The molecule has 2 rings (SSSR count). The molecule has 0 unspecified atom stereocenters. The van der Waals surface area contributed by atoms with Gasteiger partial charge in [0.2, 0.25) is 10.0 Å². The molecule has 0 heterocycles. The summed E-state index contributed by atoms with van der Waals surface area (Å²) in [5.41, 5.74) is 1.67. The molecule has 0 aliphatic heterocycles. The van der Waals surface area contributed by atoms with Crippen molar-refractivity contribution in [1.29, 1.82) is 0 Å². The highest BCUT2D eigenvalue weighted by Crippen LogP contribution is 2.18. The lowest BCUT2D eigenvalue weighted by Crippen LogP contribution is -2.23. The molecule has 2 aromatic rings. The van der Waals surface area contributed by atoms with E-state index in [0.29, 0.717) is 10.0 Å². The van der Waals surface area contributed by atoms with Gasteiger partial charge in [-0.05, 0) is 52.3 Å². The molecule has 0 aliphatic carbocycles. The molecule has 0 fully saturated rings. The number of hydrogen-bond donors (Lipinski definition) is 2. The van der Waals surface area contributed by atoms with Crippen LogP contribution in [0.25, 0.3) is 0 Å². The molecule has 0 aliphatic rings. The summed E-state index contributed by atoms with van der Waals surface area (Å²) in [6, 6.07) is 10.7. The number of nitrogens with one attached hydrogen (secondary N) is 2. The number of sulfonamides is 1. The van der Waals surface area contributed by atoms with Crippen LogP contribution in [0, 0.1) is 5.82 Å². The van der Waals surface area contributed by atoms with Gasteiger partial charge in [-0.2, -0.15) is 0 Å². The first kappa shape index (κ1) is 18.6. The van der Waals surface area contributed by atoms with E-state index >= 15 is 0 Å². The fraction of sp³-hybridized carbons (Fsp3) is 0.188. The van der Waals surface area contributed by atoms with Crippen molar-refractivity contribution in [1.82, 2.24) is 10.0 Å². The van der Waals surface area contributed by atoms with Gasteiger partial charge in [0.1, 0.15) is 5.82 Å². The SMILES string of the molecule is CNS(=O)(=O)Cc1ccc(CNC(=O)c2cc(F)ccc2Br)cc1. The van der Waals surface area contributed by atoms with Crippen LogP contribution >= 0.6 is 15.9 Å². The van der Waals surface area contributed by atoms with Gasteiger partial charge in [0.15, 0.2) is 0 Å². The van der Waals surface area contributed by atoms with Crippen molar-refractivity contribution in [2.45, 2.75) is 12.3 Å². The molecule has 128 valence electrons. The zero-order valence-corrected chi connectivity index (χ0v) is 15.2. The molecule has 1 amide bonds. The number of hydrogen-bond acceptors (Lipinski definition) is 3. The third-order valence-corrected chi connectivity index (χ3v) is 5.34. The first-order valence-electron chi connectivity index (χ1n) is 7.03. The average molecular weight is 415 g/mol. The molecule has 0 bridgehead atoms. The van der Waals surface area contributed by atoms with E-state index in [1.807, 2.05) is 0 Å².